The molecule has 2 atom stereocenters. The zero-order chi connectivity index (χ0) is 16.0. The topological polar surface area (TPSA) is 78.7 Å². The van der Waals surface area contributed by atoms with Gasteiger partial charge >= 0.3 is 0 Å². The van der Waals surface area contributed by atoms with Crippen LogP contribution in [-0.4, -0.2) is 57.2 Å². The van der Waals surface area contributed by atoms with Gasteiger partial charge in [-0.3, -0.25) is 0 Å². The van der Waals surface area contributed by atoms with E-state index >= 15 is 0 Å². The van der Waals surface area contributed by atoms with Crippen LogP contribution in [0.5, 0.6) is 0 Å². The van der Waals surface area contributed by atoms with E-state index in [1.54, 1.807) is 6.92 Å². The second-order valence-corrected chi connectivity index (χ2v) is 6.86. The van der Waals surface area contributed by atoms with Crippen molar-refractivity contribution in [3.05, 3.63) is 17.5 Å². The number of piperidine rings is 1. The first-order valence-corrected chi connectivity index (χ1v) is 7.94. The van der Waals surface area contributed by atoms with E-state index in [1.165, 1.54) is 0 Å². The van der Waals surface area contributed by atoms with Crippen LogP contribution in [0.25, 0.3) is 0 Å². The highest BCUT2D eigenvalue weighted by Crippen LogP contribution is 2.40. The molecule has 1 aromatic rings. The minimum Gasteiger partial charge on any atom is -0.387 e. The molecule has 1 spiro atoms. The quantitative estimate of drug-likeness (QED) is 0.805. The number of rotatable bonds is 1. The summed E-state index contributed by atoms with van der Waals surface area (Å²) >= 11 is 0. The van der Waals surface area contributed by atoms with Crippen LogP contribution in [0.3, 0.4) is 0 Å². The van der Waals surface area contributed by atoms with Crippen molar-refractivity contribution in [2.24, 2.45) is 0 Å². The highest BCUT2D eigenvalue weighted by atomic mass is 16.5. The minimum absolute atomic E-state index is 0.472. The molecule has 2 fully saturated rings. The van der Waals surface area contributed by atoms with Gasteiger partial charge in [-0.15, -0.1) is 0 Å². The smallest absolute Gasteiger partial charge is 0.225 e. The number of hydrogen-bond donors (Lipinski definition) is 2. The standard InChI is InChI=1S/C16H25N3O3/c1-11-10-12(2)18-14(17-11)19-7-4-16(5-8-19)13(20)15(3,21)6-9-22-16/h10,13,20-21H,4-9H2,1-3H3/t13-,15+/m0/s1. The highest BCUT2D eigenvalue weighted by molar-refractivity contribution is 5.33. The van der Waals surface area contributed by atoms with Gasteiger partial charge in [0.2, 0.25) is 5.95 Å². The Bertz CT molecular complexity index is 533. The van der Waals surface area contributed by atoms with Crippen LogP contribution in [0.2, 0.25) is 0 Å². The van der Waals surface area contributed by atoms with Gasteiger partial charge in [0.15, 0.2) is 0 Å². The van der Waals surface area contributed by atoms with Gasteiger partial charge in [-0.25, -0.2) is 9.97 Å². The molecule has 0 aromatic carbocycles. The van der Waals surface area contributed by atoms with E-state index in [0.29, 0.717) is 25.9 Å². The van der Waals surface area contributed by atoms with Crippen molar-refractivity contribution >= 4 is 5.95 Å². The van der Waals surface area contributed by atoms with E-state index in [0.717, 1.165) is 30.4 Å². The van der Waals surface area contributed by atoms with Gasteiger partial charge in [-0.2, -0.15) is 0 Å². The molecule has 0 bridgehead atoms. The third kappa shape index (κ3) is 2.71. The first kappa shape index (κ1) is 15.6. The molecular weight excluding hydrogens is 282 g/mol. The first-order chi connectivity index (χ1) is 10.3. The zero-order valence-electron chi connectivity index (χ0n) is 13.5. The molecule has 0 aliphatic carbocycles. The summed E-state index contributed by atoms with van der Waals surface area (Å²) in [5, 5.41) is 20.9. The van der Waals surface area contributed by atoms with Gasteiger partial charge in [0, 0.05) is 30.9 Å². The Hall–Kier alpha value is -1.24. The number of aromatic nitrogens is 2. The normalized spacial score (nSPS) is 31.5. The predicted octanol–water partition coefficient (Wildman–Crippen LogP) is 0.965. The summed E-state index contributed by atoms with van der Waals surface area (Å²) in [5.74, 6) is 0.740. The molecule has 3 rings (SSSR count). The van der Waals surface area contributed by atoms with Crippen molar-refractivity contribution in [1.82, 2.24) is 9.97 Å². The second kappa shape index (κ2) is 5.44. The number of aliphatic hydroxyl groups is 2. The molecule has 0 unspecified atom stereocenters. The van der Waals surface area contributed by atoms with Crippen molar-refractivity contribution in [3.8, 4) is 0 Å². The molecule has 2 aliphatic rings. The van der Waals surface area contributed by atoms with Gasteiger partial charge in [0.05, 0.1) is 12.2 Å². The fourth-order valence-electron chi connectivity index (χ4n) is 3.60. The second-order valence-electron chi connectivity index (χ2n) is 6.86. The molecule has 1 aromatic heterocycles. The van der Waals surface area contributed by atoms with Gasteiger partial charge in [-0.1, -0.05) is 0 Å². The molecule has 0 amide bonds. The average Bonchev–Trinajstić information content (AvgIpc) is 2.44. The molecule has 0 radical (unpaired) electrons. The number of ether oxygens (including phenoxy) is 1. The molecule has 122 valence electrons. The Morgan fingerprint density at radius 3 is 2.36 bits per heavy atom. The van der Waals surface area contributed by atoms with Crippen molar-refractivity contribution in [2.75, 3.05) is 24.6 Å². The molecular formula is C16H25N3O3. The van der Waals surface area contributed by atoms with Gasteiger partial charge in [0.1, 0.15) is 11.7 Å². The first-order valence-electron chi connectivity index (χ1n) is 7.94. The van der Waals surface area contributed by atoms with Gasteiger partial charge in [-0.05, 0) is 39.7 Å². The summed E-state index contributed by atoms with van der Waals surface area (Å²) in [6, 6.07) is 1.96. The maximum Gasteiger partial charge on any atom is 0.225 e. The molecule has 6 heteroatoms. The maximum atomic E-state index is 10.5. The largest absolute Gasteiger partial charge is 0.387 e. The number of nitrogens with zero attached hydrogens (tertiary/aromatic N) is 3. The maximum absolute atomic E-state index is 10.5. The summed E-state index contributed by atoms with van der Waals surface area (Å²) in [5.41, 5.74) is 0.202. The summed E-state index contributed by atoms with van der Waals surface area (Å²) in [4.78, 5) is 11.1. The lowest BCUT2D eigenvalue weighted by Gasteiger charge is -2.51. The Balaban J connectivity index is 1.74. The summed E-state index contributed by atoms with van der Waals surface area (Å²) in [6.45, 7) is 7.56. The lowest BCUT2D eigenvalue weighted by molar-refractivity contribution is -0.239. The van der Waals surface area contributed by atoms with E-state index in [4.69, 9.17) is 4.74 Å². The summed E-state index contributed by atoms with van der Waals surface area (Å²) in [6.07, 6.45) is 0.956. The SMILES string of the molecule is Cc1cc(C)nc(N2CCC3(CC2)OCC[C@@](C)(O)[C@@H]3O)n1. The number of aliphatic hydroxyl groups excluding tert-OH is 1. The number of aryl methyl sites for hydroxylation is 2. The Morgan fingerprint density at radius 2 is 1.77 bits per heavy atom. The molecule has 0 saturated carbocycles. The van der Waals surface area contributed by atoms with Crippen molar-refractivity contribution in [2.45, 2.75) is 57.3 Å². The molecule has 2 aliphatic heterocycles. The van der Waals surface area contributed by atoms with Crippen LogP contribution >= 0.6 is 0 Å². The van der Waals surface area contributed by atoms with E-state index in [1.807, 2.05) is 19.9 Å². The molecule has 22 heavy (non-hydrogen) atoms. The minimum atomic E-state index is -1.07. The Morgan fingerprint density at radius 1 is 1.18 bits per heavy atom. The molecule has 3 heterocycles. The van der Waals surface area contributed by atoms with E-state index in [-0.39, 0.29) is 0 Å². The predicted molar refractivity (Wildman–Crippen MR) is 82.9 cm³/mol. The highest BCUT2D eigenvalue weighted by Gasteiger charge is 2.52. The lowest BCUT2D eigenvalue weighted by atomic mass is 9.75. The van der Waals surface area contributed by atoms with Crippen LogP contribution in [-0.2, 0) is 4.74 Å². The van der Waals surface area contributed by atoms with Crippen molar-refractivity contribution in [3.63, 3.8) is 0 Å². The van der Waals surface area contributed by atoms with Crippen LogP contribution < -0.4 is 4.90 Å². The van der Waals surface area contributed by atoms with Crippen LogP contribution in [0, 0.1) is 13.8 Å². The molecule has 2 N–H and O–H groups in total. The molecule has 2 saturated heterocycles. The van der Waals surface area contributed by atoms with Crippen molar-refractivity contribution < 1.29 is 14.9 Å². The summed E-state index contributed by atoms with van der Waals surface area (Å²) in [7, 11) is 0. The van der Waals surface area contributed by atoms with Crippen molar-refractivity contribution in [1.29, 1.82) is 0 Å². The summed E-state index contributed by atoms with van der Waals surface area (Å²) < 4.78 is 5.91. The zero-order valence-corrected chi connectivity index (χ0v) is 13.5. The third-order valence-electron chi connectivity index (χ3n) is 4.95. The number of anilines is 1. The van der Waals surface area contributed by atoms with E-state index in [2.05, 4.69) is 14.9 Å². The Kier molecular flexibility index (Phi) is 3.87. The lowest BCUT2D eigenvalue weighted by Crippen LogP contribution is -2.64. The van der Waals surface area contributed by atoms with Gasteiger partial charge in [0.25, 0.3) is 0 Å². The molecule has 6 nitrogen and oxygen atoms in total. The fraction of sp³-hybridized carbons (Fsp3) is 0.750. The van der Waals surface area contributed by atoms with Crippen LogP contribution in [0.4, 0.5) is 5.95 Å². The van der Waals surface area contributed by atoms with Crippen LogP contribution in [0.1, 0.15) is 37.6 Å². The van der Waals surface area contributed by atoms with Crippen LogP contribution in [0.15, 0.2) is 6.07 Å². The van der Waals surface area contributed by atoms with E-state index in [9.17, 15) is 10.2 Å². The fourth-order valence-corrected chi connectivity index (χ4v) is 3.60. The average molecular weight is 307 g/mol. The van der Waals surface area contributed by atoms with Gasteiger partial charge < -0.3 is 19.8 Å². The third-order valence-corrected chi connectivity index (χ3v) is 4.95. The number of hydrogen-bond acceptors (Lipinski definition) is 6. The Labute approximate surface area is 131 Å². The monoisotopic (exact) mass is 307 g/mol. The van der Waals surface area contributed by atoms with E-state index < -0.39 is 17.3 Å².